The second-order valence-electron chi connectivity index (χ2n) is 4.79. The number of methoxy groups -OCH3 is 2. The summed E-state index contributed by atoms with van der Waals surface area (Å²) in [7, 11) is 3.00. The Balaban J connectivity index is 2.42. The van der Waals surface area contributed by atoms with Crippen LogP contribution in [-0.4, -0.2) is 51.7 Å². The molecule has 0 aromatic heterocycles. The number of nitrogens with one attached hydrogen (secondary N) is 1. The zero-order valence-corrected chi connectivity index (χ0v) is 13.6. The maximum absolute atomic E-state index is 13.7. The molecular formula is C14H19BrF2N2O2. The first kappa shape index (κ1) is 16.5. The number of piperazine rings is 1. The number of ether oxygens (including phenoxy) is 2. The Morgan fingerprint density at radius 3 is 2.29 bits per heavy atom. The maximum Gasteiger partial charge on any atom is 0.258 e. The van der Waals surface area contributed by atoms with Crippen LogP contribution >= 0.6 is 15.9 Å². The van der Waals surface area contributed by atoms with Crippen molar-refractivity contribution in [2.45, 2.75) is 12.5 Å². The zero-order chi connectivity index (χ0) is 15.4. The molecule has 4 nitrogen and oxygen atoms in total. The average molecular weight is 365 g/mol. The average Bonchev–Trinajstić information content (AvgIpc) is 2.49. The minimum absolute atomic E-state index is 0.437. The van der Waals surface area contributed by atoms with Gasteiger partial charge in [0.05, 0.1) is 18.7 Å². The lowest BCUT2D eigenvalue weighted by Crippen LogP contribution is -2.47. The van der Waals surface area contributed by atoms with Gasteiger partial charge in [0, 0.05) is 31.7 Å². The molecule has 0 radical (unpaired) electrons. The fraction of sp³-hybridized carbons (Fsp3) is 0.571. The third-order valence-electron chi connectivity index (χ3n) is 3.61. The van der Waals surface area contributed by atoms with Crippen molar-refractivity contribution in [1.82, 2.24) is 10.2 Å². The van der Waals surface area contributed by atoms with Crippen molar-refractivity contribution in [3.8, 4) is 11.5 Å². The molecule has 21 heavy (non-hydrogen) atoms. The third kappa shape index (κ3) is 3.64. The van der Waals surface area contributed by atoms with Crippen LogP contribution < -0.4 is 14.8 Å². The van der Waals surface area contributed by atoms with E-state index in [1.54, 1.807) is 17.0 Å². The normalized spacial score (nSPS) is 17.8. The number of alkyl halides is 2. The van der Waals surface area contributed by atoms with Crippen molar-refractivity contribution < 1.29 is 18.3 Å². The van der Waals surface area contributed by atoms with Gasteiger partial charge in [-0.3, -0.25) is 4.90 Å². The van der Waals surface area contributed by atoms with Gasteiger partial charge in [-0.05, 0) is 28.1 Å². The highest BCUT2D eigenvalue weighted by molar-refractivity contribution is 9.10. The summed E-state index contributed by atoms with van der Waals surface area (Å²) in [6, 6.07) is 2.30. The monoisotopic (exact) mass is 364 g/mol. The highest BCUT2D eigenvalue weighted by Crippen LogP contribution is 2.40. The molecule has 1 N–H and O–H groups in total. The lowest BCUT2D eigenvalue weighted by Gasteiger charge is -2.35. The fourth-order valence-electron chi connectivity index (χ4n) is 2.57. The summed E-state index contributed by atoms with van der Waals surface area (Å²) >= 11 is 3.35. The van der Waals surface area contributed by atoms with Crippen LogP contribution in [0.15, 0.2) is 16.6 Å². The van der Waals surface area contributed by atoms with E-state index in [0.29, 0.717) is 47.7 Å². The molecule has 1 aromatic carbocycles. The van der Waals surface area contributed by atoms with Gasteiger partial charge in [0.2, 0.25) is 0 Å². The molecule has 0 saturated carbocycles. The number of halogens is 3. The highest BCUT2D eigenvalue weighted by Gasteiger charge is 2.33. The lowest BCUT2D eigenvalue weighted by molar-refractivity contribution is 0.0169. The van der Waals surface area contributed by atoms with E-state index in [-0.39, 0.29) is 0 Å². The molecular weight excluding hydrogens is 346 g/mol. The summed E-state index contributed by atoms with van der Waals surface area (Å²) in [5.41, 5.74) is 0.453. The van der Waals surface area contributed by atoms with Crippen LogP contribution in [0, 0.1) is 0 Å². The summed E-state index contributed by atoms with van der Waals surface area (Å²) in [6.45, 7) is 2.57. The van der Waals surface area contributed by atoms with Gasteiger partial charge in [-0.1, -0.05) is 0 Å². The summed E-state index contributed by atoms with van der Waals surface area (Å²) in [5, 5.41) is 3.17. The Morgan fingerprint density at radius 2 is 1.76 bits per heavy atom. The molecule has 118 valence electrons. The smallest absolute Gasteiger partial charge is 0.258 e. The van der Waals surface area contributed by atoms with E-state index in [4.69, 9.17) is 9.47 Å². The molecule has 1 aromatic rings. The number of rotatable bonds is 5. The maximum atomic E-state index is 13.7. The first-order valence-electron chi connectivity index (χ1n) is 6.72. The zero-order valence-electron chi connectivity index (χ0n) is 12.0. The quantitative estimate of drug-likeness (QED) is 0.870. The molecule has 7 heteroatoms. The van der Waals surface area contributed by atoms with Gasteiger partial charge in [0.25, 0.3) is 6.43 Å². The molecule has 1 heterocycles. The molecule has 1 saturated heterocycles. The molecule has 1 atom stereocenters. The number of hydrogen-bond donors (Lipinski definition) is 1. The second-order valence-corrected chi connectivity index (χ2v) is 5.65. The van der Waals surface area contributed by atoms with Crippen LogP contribution in [0.5, 0.6) is 11.5 Å². The lowest BCUT2D eigenvalue weighted by atomic mass is 10.0. The van der Waals surface area contributed by atoms with E-state index in [1.165, 1.54) is 14.2 Å². The van der Waals surface area contributed by atoms with Crippen LogP contribution in [-0.2, 0) is 0 Å². The van der Waals surface area contributed by atoms with E-state index >= 15 is 0 Å². The molecule has 0 aliphatic carbocycles. The Bertz CT molecular complexity index is 482. The van der Waals surface area contributed by atoms with Crippen molar-refractivity contribution in [3.05, 3.63) is 22.2 Å². The predicted octanol–water partition coefficient (Wildman–Crippen LogP) is 2.68. The molecule has 0 unspecified atom stereocenters. The van der Waals surface area contributed by atoms with Crippen molar-refractivity contribution >= 4 is 15.9 Å². The molecule has 1 aliphatic rings. The van der Waals surface area contributed by atoms with E-state index in [0.717, 1.165) is 0 Å². The fourth-order valence-corrected chi connectivity index (χ4v) is 3.05. The SMILES string of the molecule is COc1cc([C@@H](C(F)F)N2CCNCC2)c(OC)cc1Br. The van der Waals surface area contributed by atoms with Crippen LogP contribution in [0.25, 0.3) is 0 Å². The van der Waals surface area contributed by atoms with E-state index in [9.17, 15) is 8.78 Å². The Morgan fingerprint density at radius 1 is 1.14 bits per heavy atom. The summed E-state index contributed by atoms with van der Waals surface area (Å²) < 4.78 is 38.5. The van der Waals surface area contributed by atoms with Gasteiger partial charge in [-0.2, -0.15) is 0 Å². The number of benzene rings is 1. The van der Waals surface area contributed by atoms with Gasteiger partial charge in [-0.25, -0.2) is 8.78 Å². The van der Waals surface area contributed by atoms with Crippen LogP contribution in [0.1, 0.15) is 11.6 Å². The molecule has 0 spiro atoms. The van der Waals surface area contributed by atoms with Crippen LogP contribution in [0.3, 0.4) is 0 Å². The van der Waals surface area contributed by atoms with Gasteiger partial charge < -0.3 is 14.8 Å². The van der Waals surface area contributed by atoms with Crippen molar-refractivity contribution in [3.63, 3.8) is 0 Å². The van der Waals surface area contributed by atoms with Gasteiger partial charge >= 0.3 is 0 Å². The minimum Gasteiger partial charge on any atom is -0.496 e. The molecule has 1 aliphatic heterocycles. The molecule has 0 amide bonds. The summed E-state index contributed by atoms with van der Waals surface area (Å²) in [4.78, 5) is 1.78. The van der Waals surface area contributed by atoms with Crippen molar-refractivity contribution in [2.75, 3.05) is 40.4 Å². The van der Waals surface area contributed by atoms with Gasteiger partial charge in [0.1, 0.15) is 17.5 Å². The van der Waals surface area contributed by atoms with Gasteiger partial charge in [-0.15, -0.1) is 0 Å². The molecule has 0 bridgehead atoms. The second kappa shape index (κ2) is 7.38. The first-order valence-corrected chi connectivity index (χ1v) is 7.52. The third-order valence-corrected chi connectivity index (χ3v) is 4.23. The van der Waals surface area contributed by atoms with E-state index < -0.39 is 12.5 Å². The van der Waals surface area contributed by atoms with Crippen LogP contribution in [0.4, 0.5) is 8.78 Å². The predicted molar refractivity (Wildman–Crippen MR) is 80.4 cm³/mol. The highest BCUT2D eigenvalue weighted by atomic mass is 79.9. The Hall–Kier alpha value is -0.920. The van der Waals surface area contributed by atoms with Crippen molar-refractivity contribution in [2.24, 2.45) is 0 Å². The molecule has 1 fully saturated rings. The summed E-state index contributed by atoms with van der Waals surface area (Å²) in [6.07, 6.45) is -2.50. The van der Waals surface area contributed by atoms with Gasteiger partial charge in [0.15, 0.2) is 0 Å². The topological polar surface area (TPSA) is 33.7 Å². The Kier molecular flexibility index (Phi) is 5.78. The largest absolute Gasteiger partial charge is 0.496 e. The van der Waals surface area contributed by atoms with E-state index in [1.807, 2.05) is 0 Å². The van der Waals surface area contributed by atoms with E-state index in [2.05, 4.69) is 21.2 Å². The van der Waals surface area contributed by atoms with Crippen molar-refractivity contribution in [1.29, 1.82) is 0 Å². The Labute approximate surface area is 131 Å². The number of hydrogen-bond acceptors (Lipinski definition) is 4. The summed E-state index contributed by atoms with van der Waals surface area (Å²) in [5.74, 6) is 0.957. The minimum atomic E-state index is -2.50. The molecule has 2 rings (SSSR count). The van der Waals surface area contributed by atoms with Crippen LogP contribution in [0.2, 0.25) is 0 Å². The first-order chi connectivity index (χ1) is 10.1. The number of nitrogens with zero attached hydrogens (tertiary/aromatic N) is 1. The standard InChI is InChI=1S/C14H19BrF2N2O2/c1-20-11-8-10(15)12(21-2)7-9(11)13(14(16)17)19-5-3-18-4-6-19/h7-8,13-14,18H,3-6H2,1-2H3/t13-/m0/s1.